The molecule has 2 atom stereocenters. The van der Waals surface area contributed by atoms with Crippen LogP contribution in [0.15, 0.2) is 53.4 Å². The molecule has 7 nitrogen and oxygen atoms in total. The number of hydrogen-bond acceptors (Lipinski definition) is 6. The fraction of sp³-hybridized carbons (Fsp3) is 0.300. The van der Waals surface area contributed by atoms with Crippen LogP contribution >= 0.6 is 11.8 Å². The molecule has 0 bridgehead atoms. The van der Waals surface area contributed by atoms with Crippen molar-refractivity contribution in [3.8, 4) is 0 Å². The van der Waals surface area contributed by atoms with Gasteiger partial charge in [-0.25, -0.2) is 0 Å². The fourth-order valence-corrected chi connectivity index (χ4v) is 3.58. The topological polar surface area (TPSA) is 89.8 Å². The molecule has 1 heterocycles. The summed E-state index contributed by atoms with van der Waals surface area (Å²) >= 11 is 1.58. The Kier molecular flexibility index (Phi) is 5.99. The Hall–Kier alpha value is -2.87. The lowest BCUT2D eigenvalue weighted by Crippen LogP contribution is -2.26. The molecular weight excluding hydrogens is 380 g/mol. The van der Waals surface area contributed by atoms with E-state index in [4.69, 9.17) is 4.74 Å². The van der Waals surface area contributed by atoms with Gasteiger partial charge in [0, 0.05) is 35.7 Å². The summed E-state index contributed by atoms with van der Waals surface area (Å²) in [5.41, 5.74) is 1.24. The number of carbonyl (C=O) groups excluding carboxylic acids is 2. The van der Waals surface area contributed by atoms with Crippen LogP contribution in [-0.2, 0) is 14.3 Å². The van der Waals surface area contributed by atoms with Gasteiger partial charge in [-0.05, 0) is 36.9 Å². The van der Waals surface area contributed by atoms with Gasteiger partial charge in [-0.3, -0.25) is 19.7 Å². The fourth-order valence-electron chi connectivity index (χ4n) is 3.12. The Morgan fingerprint density at radius 1 is 1.29 bits per heavy atom. The molecule has 0 aliphatic carbocycles. The molecular formula is C20H20N2O5S. The molecule has 3 rings (SSSR count). The minimum absolute atomic E-state index is 0.0590. The molecule has 1 aliphatic rings. The van der Waals surface area contributed by atoms with Gasteiger partial charge in [-0.15, -0.1) is 11.8 Å². The normalized spacial score (nSPS) is 17.4. The van der Waals surface area contributed by atoms with E-state index in [1.165, 1.54) is 12.1 Å². The second-order valence-electron chi connectivity index (χ2n) is 6.54. The highest BCUT2D eigenvalue weighted by Crippen LogP contribution is 2.30. The molecule has 0 N–H and O–H groups in total. The van der Waals surface area contributed by atoms with Crippen molar-refractivity contribution < 1.29 is 19.2 Å². The summed E-state index contributed by atoms with van der Waals surface area (Å²) in [5.74, 6) is -1.16. The molecule has 0 radical (unpaired) electrons. The average molecular weight is 400 g/mol. The Balaban J connectivity index is 1.67. The summed E-state index contributed by atoms with van der Waals surface area (Å²) in [7, 11) is 0. The Morgan fingerprint density at radius 2 is 2.04 bits per heavy atom. The van der Waals surface area contributed by atoms with Gasteiger partial charge in [-0.2, -0.15) is 0 Å². The molecule has 0 saturated carbocycles. The highest BCUT2D eigenvalue weighted by molar-refractivity contribution is 7.98. The molecule has 2 aromatic carbocycles. The highest BCUT2D eigenvalue weighted by Gasteiger charge is 2.37. The first-order chi connectivity index (χ1) is 13.4. The number of amides is 1. The second kappa shape index (κ2) is 8.43. The predicted molar refractivity (Wildman–Crippen MR) is 106 cm³/mol. The van der Waals surface area contributed by atoms with E-state index in [2.05, 4.69) is 0 Å². The molecule has 1 fully saturated rings. The molecule has 8 heteroatoms. The third-order valence-corrected chi connectivity index (χ3v) is 5.39. The van der Waals surface area contributed by atoms with Crippen LogP contribution in [0.25, 0.3) is 0 Å². The van der Waals surface area contributed by atoms with E-state index < -0.39 is 22.9 Å². The maximum absolute atomic E-state index is 12.6. The minimum Gasteiger partial charge on any atom is -0.458 e. The number of nitro benzene ring substituents is 1. The molecule has 0 aromatic heterocycles. The number of non-ortho nitro benzene ring substituents is 1. The second-order valence-corrected chi connectivity index (χ2v) is 7.42. The van der Waals surface area contributed by atoms with Crippen molar-refractivity contribution in [1.29, 1.82) is 0 Å². The lowest BCUT2D eigenvalue weighted by atomic mass is 10.1. The Morgan fingerprint density at radius 3 is 2.75 bits per heavy atom. The Bertz CT molecular complexity index is 917. The first kappa shape index (κ1) is 19.9. The van der Waals surface area contributed by atoms with Crippen LogP contribution in [0, 0.1) is 16.0 Å². The van der Waals surface area contributed by atoms with Crippen molar-refractivity contribution in [2.75, 3.05) is 17.7 Å². The highest BCUT2D eigenvalue weighted by atomic mass is 32.2. The van der Waals surface area contributed by atoms with E-state index in [1.54, 1.807) is 35.7 Å². The number of hydrogen-bond donors (Lipinski definition) is 0. The number of nitrogens with zero attached hydrogens (tertiary/aromatic N) is 2. The zero-order valence-electron chi connectivity index (χ0n) is 15.5. The first-order valence-electron chi connectivity index (χ1n) is 8.78. The molecule has 28 heavy (non-hydrogen) atoms. The maximum atomic E-state index is 12.6. The molecule has 1 saturated heterocycles. The first-order valence-corrected chi connectivity index (χ1v) is 10.0. The van der Waals surface area contributed by atoms with Crippen molar-refractivity contribution >= 4 is 35.0 Å². The number of carbonyl (C=O) groups is 2. The van der Waals surface area contributed by atoms with Crippen molar-refractivity contribution in [3.63, 3.8) is 0 Å². The van der Waals surface area contributed by atoms with Gasteiger partial charge in [0.05, 0.1) is 10.8 Å². The van der Waals surface area contributed by atoms with E-state index in [0.29, 0.717) is 5.56 Å². The standard InChI is InChI=1S/C20H20N2O5S/c1-13(14-5-3-7-17(9-14)22(25)26)27-20(24)15-10-19(23)21(12-15)16-6-4-8-18(11-16)28-2/h3-9,11,13,15H,10,12H2,1-2H3/t13-,15-/m0/s1. The summed E-state index contributed by atoms with van der Waals surface area (Å²) < 4.78 is 5.49. The van der Waals surface area contributed by atoms with Gasteiger partial charge in [0.25, 0.3) is 5.69 Å². The van der Waals surface area contributed by atoms with E-state index in [9.17, 15) is 19.7 Å². The van der Waals surface area contributed by atoms with Crippen molar-refractivity contribution in [2.45, 2.75) is 24.3 Å². The van der Waals surface area contributed by atoms with Crippen molar-refractivity contribution in [2.24, 2.45) is 5.92 Å². The summed E-state index contributed by atoms with van der Waals surface area (Å²) in [5, 5.41) is 10.9. The summed E-state index contributed by atoms with van der Waals surface area (Å²) in [6.45, 7) is 1.92. The van der Waals surface area contributed by atoms with E-state index in [1.807, 2.05) is 30.5 Å². The number of nitro groups is 1. The summed E-state index contributed by atoms with van der Waals surface area (Å²) in [4.78, 5) is 38.0. The zero-order valence-corrected chi connectivity index (χ0v) is 16.3. The minimum atomic E-state index is -0.642. The molecule has 146 valence electrons. The van der Waals surface area contributed by atoms with Crippen LogP contribution in [0.1, 0.15) is 25.0 Å². The number of rotatable bonds is 6. The van der Waals surface area contributed by atoms with Crippen LogP contribution in [0.2, 0.25) is 0 Å². The quantitative estimate of drug-likeness (QED) is 0.315. The van der Waals surface area contributed by atoms with E-state index >= 15 is 0 Å². The molecule has 1 aliphatic heterocycles. The number of anilines is 1. The summed E-state index contributed by atoms with van der Waals surface area (Å²) in [6, 6.07) is 13.6. The summed E-state index contributed by atoms with van der Waals surface area (Å²) in [6.07, 6.45) is 1.40. The van der Waals surface area contributed by atoms with E-state index in [-0.39, 0.29) is 24.6 Å². The third kappa shape index (κ3) is 4.33. The molecule has 1 amide bonds. The number of benzene rings is 2. The van der Waals surface area contributed by atoms with Crippen molar-refractivity contribution in [3.05, 3.63) is 64.2 Å². The number of ether oxygens (including phenoxy) is 1. The van der Waals surface area contributed by atoms with Gasteiger partial charge in [0.15, 0.2) is 0 Å². The van der Waals surface area contributed by atoms with E-state index in [0.717, 1.165) is 10.6 Å². The molecule has 0 unspecified atom stereocenters. The van der Waals surface area contributed by atoms with Crippen LogP contribution < -0.4 is 4.90 Å². The molecule has 2 aromatic rings. The number of esters is 1. The maximum Gasteiger partial charge on any atom is 0.311 e. The van der Waals surface area contributed by atoms with Gasteiger partial charge >= 0.3 is 5.97 Å². The van der Waals surface area contributed by atoms with Crippen LogP contribution in [0.3, 0.4) is 0 Å². The monoisotopic (exact) mass is 400 g/mol. The van der Waals surface area contributed by atoms with Gasteiger partial charge in [0.1, 0.15) is 6.10 Å². The van der Waals surface area contributed by atoms with Gasteiger partial charge in [0.2, 0.25) is 5.91 Å². The van der Waals surface area contributed by atoms with Gasteiger partial charge in [-0.1, -0.05) is 18.2 Å². The lowest BCUT2D eigenvalue weighted by molar-refractivity contribution is -0.385. The van der Waals surface area contributed by atoms with Crippen LogP contribution in [-0.4, -0.2) is 29.6 Å². The van der Waals surface area contributed by atoms with Crippen LogP contribution in [0.4, 0.5) is 11.4 Å². The van der Waals surface area contributed by atoms with Gasteiger partial charge < -0.3 is 9.64 Å². The number of thioether (sulfide) groups is 1. The van der Waals surface area contributed by atoms with Crippen molar-refractivity contribution in [1.82, 2.24) is 0 Å². The lowest BCUT2D eigenvalue weighted by Gasteiger charge is -2.18. The Labute approximate surface area is 166 Å². The molecule has 0 spiro atoms. The smallest absolute Gasteiger partial charge is 0.311 e. The largest absolute Gasteiger partial charge is 0.458 e. The average Bonchev–Trinajstić information content (AvgIpc) is 3.10. The SMILES string of the molecule is CSc1cccc(N2C[C@@H](C(=O)O[C@@H](C)c3cccc([N+](=O)[O-])c3)CC2=O)c1. The third-order valence-electron chi connectivity index (χ3n) is 4.67. The predicted octanol–water partition coefficient (Wildman–Crippen LogP) is 3.97. The zero-order chi connectivity index (χ0) is 20.3. The van der Waals surface area contributed by atoms with Crippen LogP contribution in [0.5, 0.6) is 0 Å².